The highest BCUT2D eigenvalue weighted by Gasteiger charge is 2.09. The van der Waals surface area contributed by atoms with Crippen molar-refractivity contribution in [2.75, 3.05) is 7.11 Å². The molecular weight excluding hydrogens is 222 g/mol. The molecule has 1 aromatic heterocycles. The van der Waals surface area contributed by atoms with E-state index in [4.69, 9.17) is 10.6 Å². The number of nitrogens with zero attached hydrogens (tertiary/aromatic N) is 3. The van der Waals surface area contributed by atoms with Gasteiger partial charge in [-0.3, -0.25) is 10.2 Å². The molecule has 7 nitrogen and oxygen atoms in total. The number of hydrogen-bond donors (Lipinski definition) is 2. The Kier molecular flexibility index (Phi) is 3.01. The molecule has 1 amide bonds. The molecule has 0 unspecified atom stereocenters. The zero-order valence-electron chi connectivity index (χ0n) is 9.12. The summed E-state index contributed by atoms with van der Waals surface area (Å²) in [4.78, 5) is 11.2. The van der Waals surface area contributed by atoms with Crippen molar-refractivity contribution in [1.82, 2.24) is 20.4 Å². The van der Waals surface area contributed by atoms with Crippen LogP contribution in [-0.2, 0) is 0 Å². The van der Waals surface area contributed by atoms with Crippen LogP contribution >= 0.6 is 0 Å². The largest absolute Gasteiger partial charge is 0.497 e. The lowest BCUT2D eigenvalue weighted by Gasteiger charge is -2.01. The molecule has 0 bridgehead atoms. The quantitative estimate of drug-likeness (QED) is 0.438. The van der Waals surface area contributed by atoms with E-state index >= 15 is 0 Å². The number of hydrazine groups is 1. The molecule has 0 aliphatic carbocycles. The van der Waals surface area contributed by atoms with Gasteiger partial charge in [0.15, 0.2) is 5.69 Å². The Morgan fingerprint density at radius 3 is 2.71 bits per heavy atom. The highest BCUT2D eigenvalue weighted by atomic mass is 16.5. The molecule has 0 saturated heterocycles. The van der Waals surface area contributed by atoms with Gasteiger partial charge in [0.1, 0.15) is 5.75 Å². The summed E-state index contributed by atoms with van der Waals surface area (Å²) in [5.74, 6) is 5.26. The summed E-state index contributed by atoms with van der Waals surface area (Å²) < 4.78 is 6.52. The van der Waals surface area contributed by atoms with Crippen molar-refractivity contribution in [1.29, 1.82) is 0 Å². The van der Waals surface area contributed by atoms with Crippen LogP contribution in [0.15, 0.2) is 30.5 Å². The number of hydrogen-bond acceptors (Lipinski definition) is 5. The van der Waals surface area contributed by atoms with Gasteiger partial charge in [-0.2, -0.15) is 0 Å². The third kappa shape index (κ3) is 2.23. The lowest BCUT2D eigenvalue weighted by molar-refractivity contribution is 0.0948. The second-order valence-electron chi connectivity index (χ2n) is 3.22. The van der Waals surface area contributed by atoms with Gasteiger partial charge in [0, 0.05) is 0 Å². The van der Waals surface area contributed by atoms with Crippen LogP contribution in [0.25, 0.3) is 5.69 Å². The number of nitrogens with two attached hydrogens (primary N) is 1. The minimum atomic E-state index is -0.482. The third-order valence-electron chi connectivity index (χ3n) is 2.19. The Labute approximate surface area is 97.1 Å². The number of carbonyl (C=O) groups is 1. The molecule has 0 radical (unpaired) electrons. The number of benzene rings is 1. The van der Waals surface area contributed by atoms with Crippen molar-refractivity contribution >= 4 is 5.91 Å². The van der Waals surface area contributed by atoms with Crippen LogP contribution in [0, 0.1) is 0 Å². The number of nitrogens with one attached hydrogen (secondary N) is 1. The van der Waals surface area contributed by atoms with Crippen LogP contribution in [0.4, 0.5) is 0 Å². The number of methoxy groups -OCH3 is 1. The molecule has 0 fully saturated rings. The predicted molar refractivity (Wildman–Crippen MR) is 59.6 cm³/mol. The average molecular weight is 233 g/mol. The number of rotatable bonds is 3. The van der Waals surface area contributed by atoms with Crippen molar-refractivity contribution in [3.63, 3.8) is 0 Å². The first-order chi connectivity index (χ1) is 8.24. The van der Waals surface area contributed by atoms with E-state index < -0.39 is 5.91 Å². The number of amides is 1. The summed E-state index contributed by atoms with van der Waals surface area (Å²) in [6.07, 6.45) is 1.49. The monoisotopic (exact) mass is 233 g/mol. The minimum absolute atomic E-state index is 0.156. The molecule has 0 spiro atoms. The zero-order valence-corrected chi connectivity index (χ0v) is 9.12. The Morgan fingerprint density at radius 1 is 1.41 bits per heavy atom. The average Bonchev–Trinajstić information content (AvgIpc) is 2.87. The summed E-state index contributed by atoms with van der Waals surface area (Å²) in [6.45, 7) is 0. The first-order valence-corrected chi connectivity index (χ1v) is 4.82. The predicted octanol–water partition coefficient (Wildman–Crippen LogP) is -0.121. The lowest BCUT2D eigenvalue weighted by Crippen LogP contribution is -2.30. The summed E-state index contributed by atoms with van der Waals surface area (Å²) in [7, 11) is 1.59. The van der Waals surface area contributed by atoms with E-state index in [9.17, 15) is 4.79 Å². The van der Waals surface area contributed by atoms with Crippen molar-refractivity contribution < 1.29 is 9.53 Å². The summed E-state index contributed by atoms with van der Waals surface area (Å²) in [6, 6.07) is 7.19. The molecule has 1 heterocycles. The first-order valence-electron chi connectivity index (χ1n) is 4.82. The summed E-state index contributed by atoms with van der Waals surface area (Å²) >= 11 is 0. The molecular formula is C10H11N5O2. The van der Waals surface area contributed by atoms with Crippen LogP contribution in [0.5, 0.6) is 5.75 Å². The van der Waals surface area contributed by atoms with Crippen molar-refractivity contribution in [3.8, 4) is 11.4 Å². The summed E-state index contributed by atoms with van der Waals surface area (Å²) in [5, 5.41) is 7.52. The van der Waals surface area contributed by atoms with E-state index in [2.05, 4.69) is 10.3 Å². The van der Waals surface area contributed by atoms with E-state index in [1.807, 2.05) is 5.43 Å². The Hall–Kier alpha value is -2.41. The summed E-state index contributed by atoms with van der Waals surface area (Å²) in [5.41, 5.74) is 2.92. The third-order valence-corrected chi connectivity index (χ3v) is 2.19. The number of ether oxygens (including phenoxy) is 1. The van der Waals surface area contributed by atoms with Gasteiger partial charge < -0.3 is 4.74 Å². The molecule has 0 aliphatic rings. The number of nitrogen functional groups attached to an aromatic ring is 1. The maximum absolute atomic E-state index is 11.2. The first kappa shape index (κ1) is 11.1. The van der Waals surface area contributed by atoms with Crippen molar-refractivity contribution in [3.05, 3.63) is 36.2 Å². The van der Waals surface area contributed by atoms with Crippen LogP contribution in [0.2, 0.25) is 0 Å². The van der Waals surface area contributed by atoms with Gasteiger partial charge in [-0.15, -0.1) is 5.10 Å². The standard InChI is InChI=1S/C10H11N5O2/c1-17-8-4-2-7(3-5-8)15-6-9(13-14-15)10(16)12-11/h2-6H,11H2,1H3,(H,12,16). The van der Waals surface area contributed by atoms with E-state index in [1.54, 1.807) is 31.4 Å². The van der Waals surface area contributed by atoms with Crippen molar-refractivity contribution in [2.45, 2.75) is 0 Å². The maximum atomic E-state index is 11.2. The van der Waals surface area contributed by atoms with Gasteiger partial charge in [0.05, 0.1) is 19.0 Å². The van der Waals surface area contributed by atoms with Crippen LogP contribution in [0.1, 0.15) is 10.5 Å². The fourth-order valence-corrected chi connectivity index (χ4v) is 1.30. The van der Waals surface area contributed by atoms with Gasteiger partial charge in [-0.1, -0.05) is 5.21 Å². The SMILES string of the molecule is COc1ccc(-n2cc(C(=O)NN)nn2)cc1. The fourth-order valence-electron chi connectivity index (χ4n) is 1.30. The molecule has 88 valence electrons. The molecule has 0 saturated carbocycles. The van der Waals surface area contributed by atoms with Gasteiger partial charge >= 0.3 is 0 Å². The van der Waals surface area contributed by atoms with Crippen LogP contribution < -0.4 is 16.0 Å². The molecule has 0 atom stereocenters. The second kappa shape index (κ2) is 4.62. The van der Waals surface area contributed by atoms with Gasteiger partial charge in [0.25, 0.3) is 5.91 Å². The van der Waals surface area contributed by atoms with E-state index in [-0.39, 0.29) is 5.69 Å². The van der Waals surface area contributed by atoms with Crippen molar-refractivity contribution in [2.24, 2.45) is 5.84 Å². The topological polar surface area (TPSA) is 95.1 Å². The van der Waals surface area contributed by atoms with E-state index in [0.29, 0.717) is 0 Å². The molecule has 2 aromatic rings. The normalized spacial score (nSPS) is 10.0. The van der Waals surface area contributed by atoms with Crippen LogP contribution in [0.3, 0.4) is 0 Å². The lowest BCUT2D eigenvalue weighted by atomic mass is 10.3. The Balaban J connectivity index is 2.27. The zero-order chi connectivity index (χ0) is 12.3. The molecule has 2 rings (SSSR count). The Morgan fingerprint density at radius 2 is 2.12 bits per heavy atom. The molecule has 17 heavy (non-hydrogen) atoms. The maximum Gasteiger partial charge on any atom is 0.287 e. The van der Waals surface area contributed by atoms with E-state index in [0.717, 1.165) is 11.4 Å². The van der Waals surface area contributed by atoms with Gasteiger partial charge in [-0.05, 0) is 24.3 Å². The smallest absolute Gasteiger partial charge is 0.287 e. The molecule has 3 N–H and O–H groups in total. The molecule has 1 aromatic carbocycles. The fraction of sp³-hybridized carbons (Fsp3) is 0.100. The van der Waals surface area contributed by atoms with Gasteiger partial charge in [-0.25, -0.2) is 10.5 Å². The number of aromatic nitrogens is 3. The minimum Gasteiger partial charge on any atom is -0.497 e. The highest BCUT2D eigenvalue weighted by Crippen LogP contribution is 2.13. The second-order valence-corrected chi connectivity index (χ2v) is 3.22. The van der Waals surface area contributed by atoms with Gasteiger partial charge in [0.2, 0.25) is 0 Å². The highest BCUT2D eigenvalue weighted by molar-refractivity contribution is 5.91. The molecule has 0 aliphatic heterocycles. The van der Waals surface area contributed by atoms with Crippen LogP contribution in [-0.4, -0.2) is 28.0 Å². The molecule has 7 heteroatoms. The number of carbonyl (C=O) groups excluding carboxylic acids is 1. The Bertz CT molecular complexity index is 520. The van der Waals surface area contributed by atoms with E-state index in [1.165, 1.54) is 10.9 Å².